The molecule has 0 unspecified atom stereocenters. The summed E-state index contributed by atoms with van der Waals surface area (Å²) in [6.07, 6.45) is 1.20. The van der Waals surface area contributed by atoms with Crippen LogP contribution in [-0.2, 0) is 14.3 Å². The van der Waals surface area contributed by atoms with E-state index >= 15 is 0 Å². The zero-order chi connectivity index (χ0) is 25.2. The lowest BCUT2D eigenvalue weighted by molar-refractivity contribution is -0.384. The van der Waals surface area contributed by atoms with Crippen LogP contribution in [0.3, 0.4) is 0 Å². The summed E-state index contributed by atoms with van der Waals surface area (Å²) in [7, 11) is 1.17. The van der Waals surface area contributed by atoms with Gasteiger partial charge in [-0.3, -0.25) is 29.4 Å². The Labute approximate surface area is 210 Å². The normalized spacial score (nSPS) is 14.5. The molecule has 14 heteroatoms. The lowest BCUT2D eigenvalue weighted by Gasteiger charge is -2.13. The summed E-state index contributed by atoms with van der Waals surface area (Å²) in [4.78, 5) is 60.2. The summed E-state index contributed by atoms with van der Waals surface area (Å²) >= 11 is 18.3. The summed E-state index contributed by atoms with van der Waals surface area (Å²) in [5.41, 5.74) is -0.114. The average molecular weight is 545 g/mol. The fourth-order valence-electron chi connectivity index (χ4n) is 2.80. The van der Waals surface area contributed by atoms with Gasteiger partial charge in [-0.2, -0.15) is 0 Å². The van der Waals surface area contributed by atoms with Crippen molar-refractivity contribution >= 4 is 87.0 Å². The first-order chi connectivity index (χ1) is 16.0. The van der Waals surface area contributed by atoms with Crippen LogP contribution in [0.5, 0.6) is 0 Å². The highest BCUT2D eigenvalue weighted by Gasteiger charge is 2.36. The minimum absolute atomic E-state index is 0.0185. The smallest absolute Gasteiger partial charge is 0.339 e. The fraction of sp³-hybridized carbons (Fsp3) is 0.100. The van der Waals surface area contributed by atoms with E-state index in [0.29, 0.717) is 16.7 Å². The van der Waals surface area contributed by atoms with Crippen molar-refractivity contribution in [1.29, 1.82) is 0 Å². The van der Waals surface area contributed by atoms with Gasteiger partial charge in [0.25, 0.3) is 16.8 Å². The fourth-order valence-corrected chi connectivity index (χ4v) is 4.33. The van der Waals surface area contributed by atoms with Crippen molar-refractivity contribution in [3.05, 3.63) is 71.5 Å². The largest absolute Gasteiger partial charge is 0.465 e. The summed E-state index contributed by atoms with van der Waals surface area (Å²) < 4.78 is 4.61. The van der Waals surface area contributed by atoms with Crippen molar-refractivity contribution in [1.82, 2.24) is 4.90 Å². The number of halogens is 3. The molecule has 0 aromatic heterocycles. The van der Waals surface area contributed by atoms with Crippen molar-refractivity contribution in [2.24, 2.45) is 0 Å². The zero-order valence-corrected chi connectivity index (χ0v) is 20.0. The van der Waals surface area contributed by atoms with E-state index in [0.717, 1.165) is 12.1 Å². The number of esters is 1. The number of hydrogen-bond acceptors (Lipinski definition) is 8. The molecule has 0 bridgehead atoms. The minimum Gasteiger partial charge on any atom is -0.465 e. The van der Waals surface area contributed by atoms with E-state index in [1.54, 1.807) is 0 Å². The van der Waals surface area contributed by atoms with Gasteiger partial charge in [0, 0.05) is 22.3 Å². The average Bonchev–Trinajstić information content (AvgIpc) is 3.03. The summed E-state index contributed by atoms with van der Waals surface area (Å²) in [5, 5.41) is 12.8. The first kappa shape index (κ1) is 25.5. The Balaban J connectivity index is 1.77. The van der Waals surface area contributed by atoms with Crippen molar-refractivity contribution in [2.45, 2.75) is 0 Å². The third-order valence-corrected chi connectivity index (χ3v) is 6.25. The Kier molecular flexibility index (Phi) is 7.82. The van der Waals surface area contributed by atoms with Gasteiger partial charge in [0.1, 0.15) is 11.6 Å². The van der Waals surface area contributed by atoms with Crippen LogP contribution in [-0.4, -0.2) is 46.5 Å². The van der Waals surface area contributed by atoms with Crippen LogP contribution in [0.2, 0.25) is 15.1 Å². The van der Waals surface area contributed by atoms with Crippen molar-refractivity contribution in [3.8, 4) is 0 Å². The van der Waals surface area contributed by atoms with Crippen LogP contribution in [0, 0.1) is 10.1 Å². The number of nitrogens with zero attached hydrogens (tertiary/aromatic N) is 2. The van der Waals surface area contributed by atoms with Crippen molar-refractivity contribution < 1.29 is 28.8 Å². The second kappa shape index (κ2) is 10.4. The molecule has 0 radical (unpaired) electrons. The monoisotopic (exact) mass is 543 g/mol. The quantitative estimate of drug-likeness (QED) is 0.232. The van der Waals surface area contributed by atoms with E-state index in [1.165, 1.54) is 31.4 Å². The molecule has 34 heavy (non-hydrogen) atoms. The summed E-state index contributed by atoms with van der Waals surface area (Å²) in [6, 6.07) is 6.32. The van der Waals surface area contributed by atoms with E-state index in [9.17, 15) is 29.3 Å². The number of nitro groups is 1. The highest BCUT2D eigenvalue weighted by molar-refractivity contribution is 8.18. The Hall–Kier alpha value is -3.12. The van der Waals surface area contributed by atoms with Crippen LogP contribution in [0.4, 0.5) is 16.2 Å². The summed E-state index contributed by atoms with van der Waals surface area (Å²) in [5.74, 6) is -2.22. The van der Waals surface area contributed by atoms with E-state index < -0.39 is 40.2 Å². The van der Waals surface area contributed by atoms with Crippen LogP contribution < -0.4 is 5.32 Å². The minimum atomic E-state index is -0.787. The number of hydrogen-bond donors (Lipinski definition) is 1. The number of carbonyl (C=O) groups is 4. The lowest BCUT2D eigenvalue weighted by atomic mass is 10.2. The molecule has 1 heterocycles. The topological polar surface area (TPSA) is 136 Å². The third kappa shape index (κ3) is 5.50. The lowest BCUT2D eigenvalue weighted by Crippen LogP contribution is -2.36. The molecule has 176 valence electrons. The van der Waals surface area contributed by atoms with E-state index in [2.05, 4.69) is 10.1 Å². The highest BCUT2D eigenvalue weighted by Crippen LogP contribution is 2.36. The molecule has 0 atom stereocenters. The predicted molar refractivity (Wildman–Crippen MR) is 127 cm³/mol. The van der Waals surface area contributed by atoms with Crippen molar-refractivity contribution in [2.75, 3.05) is 19.0 Å². The molecule has 3 rings (SSSR count). The first-order valence-electron chi connectivity index (χ1n) is 9.08. The number of carbonyl (C=O) groups excluding carboxylic acids is 4. The molecular formula is C20H12Cl3N3O7S. The molecule has 1 saturated heterocycles. The number of nitro benzene ring substituents is 1. The molecule has 1 N–H and O–H groups in total. The Bertz CT molecular complexity index is 1280. The molecule has 0 aliphatic carbocycles. The Morgan fingerprint density at radius 3 is 2.50 bits per heavy atom. The van der Waals surface area contributed by atoms with Crippen molar-refractivity contribution in [3.63, 3.8) is 0 Å². The van der Waals surface area contributed by atoms with E-state index in [1.807, 2.05) is 0 Å². The molecule has 0 spiro atoms. The molecular weight excluding hydrogens is 533 g/mol. The standard InChI is InChI=1S/C20H12Cl3N3O7S/c1-33-19(29)11-6-10(2-3-12(11)21)24-17(27)8-25-18(28)16(34-20(25)30)5-9-4-15(26(31)32)14(23)7-13(9)22/h2-7H,8H2,1H3,(H,24,27)/b16-5-. The molecule has 3 amide bonds. The molecule has 2 aromatic carbocycles. The zero-order valence-electron chi connectivity index (χ0n) is 17.0. The predicted octanol–water partition coefficient (Wildman–Crippen LogP) is 5.02. The van der Waals surface area contributed by atoms with Gasteiger partial charge in [-0.1, -0.05) is 34.8 Å². The molecule has 10 nitrogen and oxygen atoms in total. The number of methoxy groups -OCH3 is 1. The second-order valence-corrected chi connectivity index (χ2v) is 8.80. The number of thioether (sulfide) groups is 1. The van der Waals surface area contributed by atoms with Gasteiger partial charge in [0.05, 0.1) is 27.5 Å². The summed E-state index contributed by atoms with van der Waals surface area (Å²) in [6.45, 7) is -0.618. The first-order valence-corrected chi connectivity index (χ1v) is 11.0. The molecule has 2 aromatic rings. The van der Waals surface area contributed by atoms with Crippen LogP contribution in [0.15, 0.2) is 35.2 Å². The number of rotatable bonds is 6. The van der Waals surface area contributed by atoms with E-state index in [4.69, 9.17) is 34.8 Å². The maximum absolute atomic E-state index is 12.7. The number of benzene rings is 2. The molecule has 1 aliphatic heterocycles. The van der Waals surface area contributed by atoms with Gasteiger partial charge in [-0.05, 0) is 42.1 Å². The van der Waals surface area contributed by atoms with Gasteiger partial charge in [0.2, 0.25) is 5.91 Å². The van der Waals surface area contributed by atoms with Gasteiger partial charge >= 0.3 is 5.97 Å². The van der Waals surface area contributed by atoms with Gasteiger partial charge in [-0.25, -0.2) is 4.79 Å². The van der Waals surface area contributed by atoms with Crippen LogP contribution >= 0.6 is 46.6 Å². The third-order valence-electron chi connectivity index (χ3n) is 4.38. The van der Waals surface area contributed by atoms with Crippen LogP contribution in [0.1, 0.15) is 15.9 Å². The number of anilines is 1. The maximum Gasteiger partial charge on any atom is 0.339 e. The van der Waals surface area contributed by atoms with Gasteiger partial charge in [0.15, 0.2) is 0 Å². The molecule has 0 saturated carbocycles. The van der Waals surface area contributed by atoms with Gasteiger partial charge < -0.3 is 10.1 Å². The number of imide groups is 1. The highest BCUT2D eigenvalue weighted by atomic mass is 35.5. The van der Waals surface area contributed by atoms with E-state index in [-0.39, 0.29) is 36.8 Å². The molecule has 1 fully saturated rings. The van der Waals surface area contributed by atoms with Crippen LogP contribution in [0.25, 0.3) is 6.08 Å². The Morgan fingerprint density at radius 2 is 1.85 bits per heavy atom. The Morgan fingerprint density at radius 1 is 1.15 bits per heavy atom. The molecule has 1 aliphatic rings. The number of nitrogens with one attached hydrogen (secondary N) is 1. The maximum atomic E-state index is 12.7. The number of ether oxygens (including phenoxy) is 1. The number of amides is 3. The van der Waals surface area contributed by atoms with Gasteiger partial charge in [-0.15, -0.1) is 0 Å². The second-order valence-electron chi connectivity index (χ2n) is 6.58. The SMILES string of the molecule is COC(=O)c1cc(NC(=O)CN2C(=O)S/C(=C\c3cc([N+](=O)[O-])c(Cl)cc3Cl)C2=O)ccc1Cl.